The monoisotopic (exact) mass is 439 g/mol. The molecule has 1 aromatic carbocycles. The van der Waals surface area contributed by atoms with Gasteiger partial charge in [-0.2, -0.15) is 0 Å². The minimum atomic E-state index is -0.142. The topological polar surface area (TPSA) is 52.3 Å². The van der Waals surface area contributed by atoms with E-state index in [2.05, 4.69) is 33.6 Å². The first-order chi connectivity index (χ1) is 15.0. The van der Waals surface area contributed by atoms with Crippen molar-refractivity contribution in [2.75, 3.05) is 44.2 Å². The van der Waals surface area contributed by atoms with E-state index in [1.807, 2.05) is 29.2 Å². The van der Waals surface area contributed by atoms with Crippen LogP contribution in [-0.2, 0) is 11.2 Å². The summed E-state index contributed by atoms with van der Waals surface area (Å²) in [5, 5.41) is 0.704. The average molecular weight is 440 g/mol. The highest BCUT2D eigenvalue weighted by atomic mass is 35.5. The quantitative estimate of drug-likeness (QED) is 0.669. The Morgan fingerprint density at radius 2 is 1.84 bits per heavy atom. The molecule has 2 aliphatic heterocycles. The Bertz CT molecular complexity index is 957. The van der Waals surface area contributed by atoms with Gasteiger partial charge in [0, 0.05) is 61.6 Å². The lowest BCUT2D eigenvalue weighted by Crippen LogP contribution is -2.51. The lowest BCUT2D eigenvalue weighted by atomic mass is 9.97. The van der Waals surface area contributed by atoms with Crippen molar-refractivity contribution in [3.8, 4) is 0 Å². The van der Waals surface area contributed by atoms with Gasteiger partial charge in [0.15, 0.2) is 0 Å². The zero-order valence-electron chi connectivity index (χ0n) is 18.3. The number of amides is 1. The third kappa shape index (κ3) is 4.15. The summed E-state index contributed by atoms with van der Waals surface area (Å²) >= 11 is 6.09. The largest absolute Gasteiger partial charge is 0.353 e. The minimum Gasteiger partial charge on any atom is -0.353 e. The lowest BCUT2D eigenvalue weighted by molar-refractivity contribution is -0.133. The molecule has 2 aromatic rings. The number of piperazine rings is 1. The second kappa shape index (κ2) is 8.40. The average Bonchev–Trinajstić information content (AvgIpc) is 3.36. The molecule has 1 aliphatic carbocycles. The number of hydrogen-bond acceptors (Lipinski definition) is 5. The fraction of sp³-hybridized carbons (Fsp3) is 0.542. The van der Waals surface area contributed by atoms with Crippen molar-refractivity contribution in [3.63, 3.8) is 0 Å². The predicted octanol–water partition coefficient (Wildman–Crippen LogP) is 3.32. The zero-order valence-corrected chi connectivity index (χ0v) is 19.1. The van der Waals surface area contributed by atoms with E-state index in [0.29, 0.717) is 17.0 Å². The number of rotatable bonds is 5. The van der Waals surface area contributed by atoms with E-state index in [9.17, 15) is 4.79 Å². The summed E-state index contributed by atoms with van der Waals surface area (Å²) in [6, 6.07) is 8.35. The first-order valence-electron chi connectivity index (χ1n) is 11.4. The van der Waals surface area contributed by atoms with E-state index in [0.717, 1.165) is 63.5 Å². The van der Waals surface area contributed by atoms with Crippen LogP contribution in [0.3, 0.4) is 0 Å². The van der Waals surface area contributed by atoms with E-state index < -0.39 is 0 Å². The summed E-state index contributed by atoms with van der Waals surface area (Å²) in [6.45, 7) is 9.41. The van der Waals surface area contributed by atoms with Gasteiger partial charge in [0.1, 0.15) is 12.1 Å². The van der Waals surface area contributed by atoms with Crippen molar-refractivity contribution >= 4 is 23.3 Å². The van der Waals surface area contributed by atoms with Crippen molar-refractivity contribution < 1.29 is 4.79 Å². The van der Waals surface area contributed by atoms with Gasteiger partial charge < -0.3 is 9.80 Å². The Balaban J connectivity index is 1.29. The molecule has 0 bridgehead atoms. The smallest absolute Gasteiger partial charge is 0.231 e. The molecule has 2 saturated heterocycles. The maximum Gasteiger partial charge on any atom is 0.231 e. The van der Waals surface area contributed by atoms with Gasteiger partial charge in [-0.25, -0.2) is 9.97 Å². The molecule has 6 nitrogen and oxygen atoms in total. The molecule has 3 heterocycles. The molecule has 0 radical (unpaired) electrons. The summed E-state index contributed by atoms with van der Waals surface area (Å²) in [4.78, 5) is 29.4. The van der Waals surface area contributed by atoms with Crippen molar-refractivity contribution in [1.29, 1.82) is 0 Å². The molecule has 0 N–H and O–H groups in total. The molecule has 2 fully saturated rings. The van der Waals surface area contributed by atoms with Gasteiger partial charge in [0.05, 0.1) is 5.92 Å². The highest BCUT2D eigenvalue weighted by molar-refractivity contribution is 6.30. The maximum atomic E-state index is 13.6. The zero-order chi connectivity index (χ0) is 21.5. The van der Waals surface area contributed by atoms with Gasteiger partial charge in [-0.15, -0.1) is 0 Å². The van der Waals surface area contributed by atoms with Gasteiger partial charge in [0.25, 0.3) is 0 Å². The van der Waals surface area contributed by atoms with Gasteiger partial charge in [-0.3, -0.25) is 9.69 Å². The Hall–Kier alpha value is -2.18. The second-order valence-electron chi connectivity index (χ2n) is 9.22. The highest BCUT2D eigenvalue weighted by Gasteiger charge is 2.37. The number of aryl methyl sites for hydroxylation is 1. The number of fused-ring (bicyclic) bond motifs is 1. The third-order valence-corrected chi connectivity index (χ3v) is 7.37. The van der Waals surface area contributed by atoms with Gasteiger partial charge in [0.2, 0.25) is 5.91 Å². The van der Waals surface area contributed by atoms with Crippen LogP contribution in [-0.4, -0.2) is 71.0 Å². The summed E-state index contributed by atoms with van der Waals surface area (Å²) in [5.41, 5.74) is 3.57. The highest BCUT2D eigenvalue weighted by Crippen LogP contribution is 2.37. The number of benzene rings is 1. The summed E-state index contributed by atoms with van der Waals surface area (Å²) < 4.78 is 0. The first kappa shape index (κ1) is 20.7. The van der Waals surface area contributed by atoms with E-state index in [1.54, 1.807) is 6.33 Å². The first-order valence-corrected chi connectivity index (χ1v) is 11.8. The molecule has 31 heavy (non-hydrogen) atoms. The Labute approximate surface area is 189 Å². The summed E-state index contributed by atoms with van der Waals surface area (Å²) in [7, 11) is 0. The van der Waals surface area contributed by atoms with Crippen LogP contribution in [0.1, 0.15) is 48.9 Å². The molecule has 0 saturated carbocycles. The van der Waals surface area contributed by atoms with Gasteiger partial charge in [-0.05, 0) is 43.4 Å². The number of aromatic nitrogens is 2. The molecule has 1 aromatic heterocycles. The molecule has 3 aliphatic rings. The van der Waals surface area contributed by atoms with Crippen molar-refractivity contribution in [1.82, 2.24) is 19.8 Å². The molecule has 1 amide bonds. The standard InChI is InChI=1S/C24H30ClN5O/c1-16-3-8-21-22(16)23(27-15-26-21)28-9-11-29(12-10-28)24(31)20(14-30-13-17(30)2)18-4-6-19(25)7-5-18/h4-7,15-17,20H,3,8-14H2,1-2H3. The number of hydrogen-bond donors (Lipinski definition) is 0. The SMILES string of the molecule is CC1CCc2ncnc(N3CCN(C(=O)C(CN4CC4C)c4ccc(Cl)cc4)CC3)c21. The van der Waals surface area contributed by atoms with E-state index in [4.69, 9.17) is 11.6 Å². The summed E-state index contributed by atoms with van der Waals surface area (Å²) in [6.07, 6.45) is 3.89. The van der Waals surface area contributed by atoms with Gasteiger partial charge in [-0.1, -0.05) is 30.7 Å². The minimum absolute atomic E-state index is 0.142. The van der Waals surface area contributed by atoms with Crippen LogP contribution >= 0.6 is 11.6 Å². The second-order valence-corrected chi connectivity index (χ2v) is 9.65. The Morgan fingerprint density at radius 3 is 2.52 bits per heavy atom. The molecule has 4 unspecified atom stereocenters. The van der Waals surface area contributed by atoms with Crippen LogP contribution in [0.15, 0.2) is 30.6 Å². The third-order valence-electron chi connectivity index (χ3n) is 7.12. The Morgan fingerprint density at radius 1 is 1.13 bits per heavy atom. The fourth-order valence-corrected chi connectivity index (χ4v) is 5.16. The number of carbonyl (C=O) groups excluding carboxylic acids is 1. The molecular formula is C24H30ClN5O. The van der Waals surface area contributed by atoms with Crippen molar-refractivity contribution in [2.45, 2.75) is 44.6 Å². The van der Waals surface area contributed by atoms with Crippen LogP contribution in [0.5, 0.6) is 0 Å². The number of halogens is 1. The fourth-order valence-electron chi connectivity index (χ4n) is 5.04. The van der Waals surface area contributed by atoms with E-state index in [1.165, 1.54) is 11.3 Å². The molecule has 0 spiro atoms. The van der Waals surface area contributed by atoms with Gasteiger partial charge >= 0.3 is 0 Å². The van der Waals surface area contributed by atoms with Crippen LogP contribution < -0.4 is 4.90 Å². The van der Waals surface area contributed by atoms with E-state index >= 15 is 0 Å². The number of anilines is 1. The predicted molar refractivity (Wildman–Crippen MR) is 123 cm³/mol. The molecular weight excluding hydrogens is 410 g/mol. The molecule has 164 valence electrons. The summed E-state index contributed by atoms with van der Waals surface area (Å²) in [5.74, 6) is 1.67. The molecule has 4 atom stereocenters. The maximum absolute atomic E-state index is 13.6. The van der Waals surface area contributed by atoms with Crippen molar-refractivity contribution in [3.05, 3.63) is 52.4 Å². The van der Waals surface area contributed by atoms with Crippen LogP contribution in [0.4, 0.5) is 5.82 Å². The van der Waals surface area contributed by atoms with Crippen LogP contribution in [0.25, 0.3) is 0 Å². The number of nitrogens with zero attached hydrogens (tertiary/aromatic N) is 5. The van der Waals surface area contributed by atoms with Crippen LogP contribution in [0.2, 0.25) is 5.02 Å². The molecule has 7 heteroatoms. The van der Waals surface area contributed by atoms with E-state index in [-0.39, 0.29) is 11.8 Å². The number of carbonyl (C=O) groups is 1. The molecule has 5 rings (SSSR count). The Kier molecular flexibility index (Phi) is 5.61. The van der Waals surface area contributed by atoms with Crippen LogP contribution in [0, 0.1) is 0 Å². The normalized spacial score (nSPS) is 26.0. The lowest BCUT2D eigenvalue weighted by Gasteiger charge is -2.38. The van der Waals surface area contributed by atoms with Crippen molar-refractivity contribution in [2.24, 2.45) is 0 Å².